The van der Waals surface area contributed by atoms with Crippen LogP contribution in [0.2, 0.25) is 0 Å². The summed E-state index contributed by atoms with van der Waals surface area (Å²) in [6.45, 7) is 2.13. The molecule has 0 radical (unpaired) electrons. The summed E-state index contributed by atoms with van der Waals surface area (Å²) in [4.78, 5) is 11.8. The molecule has 0 aromatic heterocycles. The van der Waals surface area contributed by atoms with Gasteiger partial charge in [0, 0.05) is 12.3 Å². The molecule has 2 unspecified atom stereocenters. The van der Waals surface area contributed by atoms with Crippen LogP contribution < -0.4 is 4.74 Å². The number of hydrogen-bond acceptors (Lipinski definition) is 2. The summed E-state index contributed by atoms with van der Waals surface area (Å²) in [7, 11) is 1.64. The first kappa shape index (κ1) is 11.6. The zero-order valence-corrected chi connectivity index (χ0v) is 11.1. The van der Waals surface area contributed by atoms with E-state index in [0.717, 1.165) is 22.2 Å². The van der Waals surface area contributed by atoms with Gasteiger partial charge in [-0.05, 0) is 46.0 Å². The Balaban J connectivity index is 2.04. The Morgan fingerprint density at radius 3 is 2.75 bits per heavy atom. The highest BCUT2D eigenvalue weighted by Gasteiger charge is 2.38. The number of halogens is 1. The van der Waals surface area contributed by atoms with E-state index in [0.29, 0.717) is 24.0 Å². The maximum absolute atomic E-state index is 11.8. The third-order valence-corrected chi connectivity index (χ3v) is 3.74. The van der Waals surface area contributed by atoms with E-state index in [1.807, 2.05) is 18.2 Å². The van der Waals surface area contributed by atoms with E-state index in [4.69, 9.17) is 4.74 Å². The van der Waals surface area contributed by atoms with Gasteiger partial charge in [-0.15, -0.1) is 0 Å². The predicted molar refractivity (Wildman–Crippen MR) is 66.7 cm³/mol. The maximum Gasteiger partial charge on any atom is 0.140 e. The Kier molecular flexibility index (Phi) is 3.33. The van der Waals surface area contributed by atoms with Crippen molar-refractivity contribution in [2.75, 3.05) is 7.11 Å². The van der Waals surface area contributed by atoms with Gasteiger partial charge in [-0.1, -0.05) is 13.0 Å². The molecule has 0 spiro atoms. The minimum atomic E-state index is 0.306. The second-order valence-electron chi connectivity index (χ2n) is 4.43. The molecule has 0 amide bonds. The van der Waals surface area contributed by atoms with Crippen molar-refractivity contribution in [3.05, 3.63) is 28.2 Å². The number of carbonyl (C=O) groups is 1. The lowest BCUT2D eigenvalue weighted by atomic mass is 10.1. The highest BCUT2D eigenvalue weighted by atomic mass is 79.9. The van der Waals surface area contributed by atoms with Crippen LogP contribution in [0.4, 0.5) is 0 Å². The zero-order chi connectivity index (χ0) is 11.7. The van der Waals surface area contributed by atoms with Gasteiger partial charge in [0.2, 0.25) is 0 Å². The fourth-order valence-electron chi connectivity index (χ4n) is 1.92. The molecule has 1 aliphatic rings. The molecule has 1 saturated carbocycles. The average molecular weight is 283 g/mol. The number of ketones is 1. The second-order valence-corrected chi connectivity index (χ2v) is 5.29. The first-order valence-corrected chi connectivity index (χ1v) is 6.26. The van der Waals surface area contributed by atoms with Gasteiger partial charge in [0.25, 0.3) is 0 Å². The minimum Gasteiger partial charge on any atom is -0.496 e. The molecule has 3 heteroatoms. The van der Waals surface area contributed by atoms with E-state index in [-0.39, 0.29) is 0 Å². The quantitative estimate of drug-likeness (QED) is 0.848. The first-order valence-electron chi connectivity index (χ1n) is 5.47. The molecule has 86 valence electrons. The van der Waals surface area contributed by atoms with Crippen LogP contribution in [-0.2, 0) is 11.2 Å². The molecule has 0 aliphatic heterocycles. The monoisotopic (exact) mass is 282 g/mol. The zero-order valence-electron chi connectivity index (χ0n) is 9.50. The molecular weight excluding hydrogens is 268 g/mol. The van der Waals surface area contributed by atoms with Gasteiger partial charge in [-0.3, -0.25) is 4.79 Å². The van der Waals surface area contributed by atoms with E-state index >= 15 is 0 Å². The number of rotatable bonds is 4. The minimum absolute atomic E-state index is 0.306. The third-order valence-electron chi connectivity index (χ3n) is 3.12. The number of benzene rings is 1. The van der Waals surface area contributed by atoms with Crippen molar-refractivity contribution in [2.45, 2.75) is 19.8 Å². The molecule has 0 saturated heterocycles. The summed E-state index contributed by atoms with van der Waals surface area (Å²) in [5.41, 5.74) is 1.05. The molecule has 1 aliphatic carbocycles. The summed E-state index contributed by atoms with van der Waals surface area (Å²) in [5, 5.41) is 0. The number of Topliss-reactive ketones (excluding diaryl/α,β-unsaturated/α-hetero) is 1. The van der Waals surface area contributed by atoms with E-state index in [1.165, 1.54) is 0 Å². The maximum atomic E-state index is 11.8. The number of ether oxygens (including phenoxy) is 1. The van der Waals surface area contributed by atoms with Crippen LogP contribution in [0.1, 0.15) is 18.9 Å². The van der Waals surface area contributed by atoms with E-state index in [2.05, 4.69) is 22.9 Å². The Labute approximate surface area is 104 Å². The van der Waals surface area contributed by atoms with Crippen LogP contribution in [0.15, 0.2) is 22.7 Å². The van der Waals surface area contributed by atoms with Crippen LogP contribution >= 0.6 is 15.9 Å². The number of carbonyl (C=O) groups excluding carboxylic acids is 1. The van der Waals surface area contributed by atoms with Gasteiger partial charge >= 0.3 is 0 Å². The molecule has 0 heterocycles. The highest BCUT2D eigenvalue weighted by Crippen LogP contribution is 2.39. The molecule has 2 nitrogen and oxygen atoms in total. The largest absolute Gasteiger partial charge is 0.496 e. The lowest BCUT2D eigenvalue weighted by Gasteiger charge is -2.05. The van der Waals surface area contributed by atoms with Crippen molar-refractivity contribution in [1.29, 1.82) is 0 Å². The Morgan fingerprint density at radius 2 is 2.25 bits per heavy atom. The lowest BCUT2D eigenvalue weighted by molar-refractivity contribution is -0.119. The van der Waals surface area contributed by atoms with Crippen molar-refractivity contribution in [3.8, 4) is 5.75 Å². The van der Waals surface area contributed by atoms with Crippen molar-refractivity contribution < 1.29 is 9.53 Å². The SMILES string of the molecule is COc1ccc(CC(=O)C2CC2C)cc1Br. The molecule has 1 aromatic rings. The van der Waals surface area contributed by atoms with E-state index < -0.39 is 0 Å². The lowest BCUT2D eigenvalue weighted by Crippen LogP contribution is -2.06. The van der Waals surface area contributed by atoms with Crippen LogP contribution in [0.5, 0.6) is 5.75 Å². The first-order chi connectivity index (χ1) is 7.61. The summed E-state index contributed by atoms with van der Waals surface area (Å²) in [5.74, 6) is 2.07. The molecule has 1 aromatic carbocycles. The van der Waals surface area contributed by atoms with Crippen molar-refractivity contribution in [3.63, 3.8) is 0 Å². The van der Waals surface area contributed by atoms with Crippen molar-refractivity contribution in [1.82, 2.24) is 0 Å². The molecule has 2 rings (SSSR count). The average Bonchev–Trinajstić information content (AvgIpc) is 2.96. The fraction of sp³-hybridized carbons (Fsp3) is 0.462. The standard InChI is InChI=1S/C13H15BrO2/c1-8-5-10(8)12(15)7-9-3-4-13(16-2)11(14)6-9/h3-4,6,8,10H,5,7H2,1-2H3. The van der Waals surface area contributed by atoms with Crippen LogP contribution in [0.25, 0.3) is 0 Å². The molecule has 0 bridgehead atoms. The summed E-state index contributed by atoms with van der Waals surface area (Å²) in [6, 6.07) is 5.81. The normalized spacial score (nSPS) is 22.9. The van der Waals surface area contributed by atoms with Crippen LogP contribution in [0, 0.1) is 11.8 Å². The van der Waals surface area contributed by atoms with Gasteiger partial charge in [0.15, 0.2) is 0 Å². The van der Waals surface area contributed by atoms with Gasteiger partial charge in [-0.25, -0.2) is 0 Å². The summed E-state index contributed by atoms with van der Waals surface area (Å²) >= 11 is 3.43. The van der Waals surface area contributed by atoms with Crippen molar-refractivity contribution >= 4 is 21.7 Å². The second kappa shape index (κ2) is 4.58. The Morgan fingerprint density at radius 1 is 1.56 bits per heavy atom. The molecule has 16 heavy (non-hydrogen) atoms. The molecular formula is C13H15BrO2. The van der Waals surface area contributed by atoms with Gasteiger partial charge < -0.3 is 4.74 Å². The van der Waals surface area contributed by atoms with E-state index in [9.17, 15) is 4.79 Å². The summed E-state index contributed by atoms with van der Waals surface area (Å²) in [6.07, 6.45) is 1.60. The molecule has 2 atom stereocenters. The van der Waals surface area contributed by atoms with Gasteiger partial charge in [0.05, 0.1) is 11.6 Å². The van der Waals surface area contributed by atoms with Crippen LogP contribution in [-0.4, -0.2) is 12.9 Å². The third kappa shape index (κ3) is 2.46. The number of methoxy groups -OCH3 is 1. The summed E-state index contributed by atoms with van der Waals surface area (Å²) < 4.78 is 6.06. The molecule has 0 N–H and O–H groups in total. The predicted octanol–water partition coefficient (Wildman–Crippen LogP) is 3.23. The van der Waals surface area contributed by atoms with Gasteiger partial charge in [0.1, 0.15) is 11.5 Å². The number of hydrogen-bond donors (Lipinski definition) is 0. The fourth-order valence-corrected chi connectivity index (χ4v) is 2.51. The van der Waals surface area contributed by atoms with Crippen LogP contribution in [0.3, 0.4) is 0 Å². The molecule has 1 fully saturated rings. The van der Waals surface area contributed by atoms with Crippen molar-refractivity contribution in [2.24, 2.45) is 11.8 Å². The van der Waals surface area contributed by atoms with Gasteiger partial charge in [-0.2, -0.15) is 0 Å². The topological polar surface area (TPSA) is 26.3 Å². The smallest absolute Gasteiger partial charge is 0.140 e. The Hall–Kier alpha value is -0.830. The Bertz CT molecular complexity index is 414. The van der Waals surface area contributed by atoms with E-state index in [1.54, 1.807) is 7.11 Å². The highest BCUT2D eigenvalue weighted by molar-refractivity contribution is 9.10.